The third-order valence-electron chi connectivity index (χ3n) is 2.15. The van der Waals surface area contributed by atoms with E-state index in [1.165, 1.54) is 13.8 Å². The quantitative estimate of drug-likeness (QED) is 0.728. The van der Waals surface area contributed by atoms with E-state index < -0.39 is 40.2 Å². The Balaban J connectivity index is 4.79. The summed E-state index contributed by atoms with van der Waals surface area (Å²) in [7, 11) is 0. The predicted octanol–water partition coefficient (Wildman–Crippen LogP) is 1.49. The van der Waals surface area contributed by atoms with Gasteiger partial charge in [-0.3, -0.25) is 9.18 Å². The summed E-state index contributed by atoms with van der Waals surface area (Å²) in [6, 6.07) is -1.17. The summed E-state index contributed by atoms with van der Waals surface area (Å²) in [5.41, 5.74) is -1.09. The van der Waals surface area contributed by atoms with Crippen LogP contribution in [0.4, 0.5) is 4.39 Å². The lowest BCUT2D eigenvalue weighted by Gasteiger charge is -2.32. The number of alkyl halides is 1. The van der Waals surface area contributed by atoms with Crippen LogP contribution in [0.5, 0.6) is 0 Å². The Hall–Kier alpha value is -0.330. The van der Waals surface area contributed by atoms with Crippen LogP contribution >= 0.6 is 0 Å². The van der Waals surface area contributed by atoms with Crippen molar-refractivity contribution in [1.82, 2.24) is 4.72 Å². The Morgan fingerprint density at radius 3 is 2.12 bits per heavy atom. The number of carboxylic acid groups (broad SMARTS) is 1. The van der Waals surface area contributed by atoms with Crippen molar-refractivity contribution in [3.63, 3.8) is 0 Å². The molecule has 96 valence electrons. The standard InChI is InChI=1S/C10H20FNO3S/c1-9(2,3)16(15)12-7(8(13)14)10(4,5)6-11/h7,12H,6H2,1-5H3,(H,13,14)/t7?,16-/m0/s1. The van der Waals surface area contributed by atoms with E-state index in [0.29, 0.717) is 0 Å². The zero-order valence-electron chi connectivity index (χ0n) is 10.3. The van der Waals surface area contributed by atoms with Gasteiger partial charge in [0.2, 0.25) is 0 Å². The fourth-order valence-electron chi connectivity index (χ4n) is 0.905. The fraction of sp³-hybridized carbons (Fsp3) is 0.900. The molecule has 4 nitrogen and oxygen atoms in total. The van der Waals surface area contributed by atoms with Crippen molar-refractivity contribution in [2.45, 2.75) is 45.4 Å². The van der Waals surface area contributed by atoms with Gasteiger partial charge in [0.15, 0.2) is 6.04 Å². The summed E-state index contributed by atoms with van der Waals surface area (Å²) in [5.74, 6) is -1.19. The first-order chi connectivity index (χ1) is 7.02. The molecule has 2 atom stereocenters. The van der Waals surface area contributed by atoms with Crippen molar-refractivity contribution in [2.24, 2.45) is 5.41 Å². The lowest BCUT2D eigenvalue weighted by atomic mass is 9.86. The van der Waals surface area contributed by atoms with Crippen molar-refractivity contribution >= 4 is 17.3 Å². The normalized spacial score (nSPS) is 16.9. The molecule has 1 unspecified atom stereocenters. The van der Waals surface area contributed by atoms with Crippen molar-refractivity contribution in [3.05, 3.63) is 0 Å². The van der Waals surface area contributed by atoms with Crippen molar-refractivity contribution < 1.29 is 18.8 Å². The van der Waals surface area contributed by atoms with Crippen LogP contribution < -0.4 is 4.72 Å². The van der Waals surface area contributed by atoms with Crippen LogP contribution in [0.3, 0.4) is 0 Å². The van der Waals surface area contributed by atoms with Gasteiger partial charge in [-0.1, -0.05) is 13.8 Å². The second-order valence-corrected chi connectivity index (χ2v) is 7.39. The summed E-state index contributed by atoms with van der Waals surface area (Å²) >= 11 is -1.53. The molecule has 0 bridgehead atoms. The molecule has 2 N–H and O–H groups in total. The molecule has 0 aromatic carbocycles. The number of halogens is 1. The SMILES string of the molecule is CC(C)(CF)C(N[S@@+]([O-])C(C)(C)C)C(=O)O. The molecule has 0 aliphatic rings. The molecule has 0 aromatic rings. The van der Waals surface area contributed by atoms with Crippen LogP contribution in [-0.2, 0) is 16.2 Å². The molecule has 6 heteroatoms. The van der Waals surface area contributed by atoms with Gasteiger partial charge < -0.3 is 9.66 Å². The van der Waals surface area contributed by atoms with Gasteiger partial charge in [0.05, 0.1) is 6.67 Å². The largest absolute Gasteiger partial charge is 0.598 e. The van der Waals surface area contributed by atoms with Crippen molar-refractivity contribution in [1.29, 1.82) is 0 Å². The van der Waals surface area contributed by atoms with E-state index in [1.807, 2.05) is 0 Å². The highest BCUT2D eigenvalue weighted by molar-refractivity contribution is 7.90. The average molecular weight is 253 g/mol. The maximum absolute atomic E-state index is 12.7. The first kappa shape index (κ1) is 15.7. The van der Waals surface area contributed by atoms with Crippen LogP contribution in [0.1, 0.15) is 34.6 Å². The highest BCUT2D eigenvalue weighted by Crippen LogP contribution is 2.24. The van der Waals surface area contributed by atoms with E-state index in [4.69, 9.17) is 5.11 Å². The van der Waals surface area contributed by atoms with Gasteiger partial charge in [-0.05, 0) is 20.8 Å². The number of carboxylic acids is 1. The predicted molar refractivity (Wildman–Crippen MR) is 62.2 cm³/mol. The zero-order chi connectivity index (χ0) is 13.1. The van der Waals surface area contributed by atoms with Gasteiger partial charge in [0.25, 0.3) is 0 Å². The van der Waals surface area contributed by atoms with E-state index in [2.05, 4.69) is 4.72 Å². The van der Waals surface area contributed by atoms with E-state index in [-0.39, 0.29) is 0 Å². The summed E-state index contributed by atoms with van der Waals surface area (Å²) < 4.78 is 26.4. The zero-order valence-corrected chi connectivity index (χ0v) is 11.2. The molecule has 0 rings (SSSR count). The molecule has 0 saturated carbocycles. The molecule has 0 aromatic heterocycles. The molecule has 0 heterocycles. The van der Waals surface area contributed by atoms with E-state index >= 15 is 0 Å². The van der Waals surface area contributed by atoms with Crippen molar-refractivity contribution in [2.75, 3.05) is 6.67 Å². The minimum atomic E-state index is -1.53. The van der Waals surface area contributed by atoms with E-state index in [1.54, 1.807) is 20.8 Å². The van der Waals surface area contributed by atoms with Crippen LogP contribution in [-0.4, -0.2) is 33.1 Å². The molecular weight excluding hydrogens is 233 g/mol. The Labute approximate surface area is 98.9 Å². The summed E-state index contributed by atoms with van der Waals surface area (Å²) in [6.45, 7) is 7.34. The average Bonchev–Trinajstić information content (AvgIpc) is 2.11. The highest BCUT2D eigenvalue weighted by atomic mass is 32.2. The van der Waals surface area contributed by atoms with Gasteiger partial charge in [-0.25, -0.2) is 0 Å². The van der Waals surface area contributed by atoms with Gasteiger partial charge in [-0.15, -0.1) is 4.72 Å². The minimum Gasteiger partial charge on any atom is -0.598 e. The first-order valence-electron chi connectivity index (χ1n) is 4.99. The minimum absolute atomic E-state index is 0.583. The smallest absolute Gasteiger partial charge is 0.325 e. The summed E-state index contributed by atoms with van der Waals surface area (Å²) in [6.07, 6.45) is 0. The lowest BCUT2D eigenvalue weighted by Crippen LogP contribution is -2.54. The molecule has 0 radical (unpaired) electrons. The molecule has 0 spiro atoms. The molecule has 0 saturated heterocycles. The number of rotatable bonds is 5. The molecule has 0 amide bonds. The Bertz CT molecular complexity index is 253. The second-order valence-electron chi connectivity index (χ2n) is 5.39. The fourth-order valence-corrected chi connectivity index (χ4v) is 1.89. The third kappa shape index (κ3) is 4.27. The highest BCUT2D eigenvalue weighted by Gasteiger charge is 2.41. The van der Waals surface area contributed by atoms with Crippen LogP contribution in [0.2, 0.25) is 0 Å². The number of nitrogens with one attached hydrogen (secondary N) is 1. The number of aliphatic carboxylic acids is 1. The first-order valence-corrected chi connectivity index (χ1v) is 6.14. The Morgan fingerprint density at radius 2 is 1.88 bits per heavy atom. The summed E-state index contributed by atoms with van der Waals surface area (Å²) in [5, 5.41) is 8.99. The monoisotopic (exact) mass is 253 g/mol. The molecular formula is C10H20FNO3S. The summed E-state index contributed by atoms with van der Waals surface area (Å²) in [4.78, 5) is 11.0. The molecule has 16 heavy (non-hydrogen) atoms. The molecule has 0 aliphatic carbocycles. The Kier molecular flexibility index (Phi) is 5.22. The Morgan fingerprint density at radius 1 is 1.44 bits per heavy atom. The van der Waals surface area contributed by atoms with Gasteiger partial charge >= 0.3 is 5.97 Å². The number of hydrogen-bond donors (Lipinski definition) is 2. The second kappa shape index (κ2) is 5.33. The van der Waals surface area contributed by atoms with Gasteiger partial charge in [0.1, 0.15) is 4.75 Å². The molecule has 0 fully saturated rings. The lowest BCUT2D eigenvalue weighted by molar-refractivity contribution is -0.142. The maximum atomic E-state index is 12.7. The van der Waals surface area contributed by atoms with E-state index in [0.717, 1.165) is 0 Å². The number of carbonyl (C=O) groups is 1. The number of hydrogen-bond acceptors (Lipinski definition) is 3. The van der Waals surface area contributed by atoms with E-state index in [9.17, 15) is 13.7 Å². The van der Waals surface area contributed by atoms with Gasteiger partial charge in [-0.2, -0.15) is 0 Å². The maximum Gasteiger partial charge on any atom is 0.325 e. The van der Waals surface area contributed by atoms with Crippen LogP contribution in [0, 0.1) is 5.41 Å². The molecule has 0 aliphatic heterocycles. The van der Waals surface area contributed by atoms with Gasteiger partial charge in [0, 0.05) is 16.8 Å². The topological polar surface area (TPSA) is 72.4 Å². The van der Waals surface area contributed by atoms with Crippen LogP contribution in [0.25, 0.3) is 0 Å². The van der Waals surface area contributed by atoms with Crippen molar-refractivity contribution in [3.8, 4) is 0 Å². The van der Waals surface area contributed by atoms with Crippen LogP contribution in [0.15, 0.2) is 0 Å². The third-order valence-corrected chi connectivity index (χ3v) is 3.72.